The van der Waals surface area contributed by atoms with Gasteiger partial charge in [0.1, 0.15) is 0 Å². The zero-order valence-corrected chi connectivity index (χ0v) is 11.9. The van der Waals surface area contributed by atoms with E-state index in [9.17, 15) is 4.79 Å². The standard InChI is InChI=1S/C12H10Cl2N2OS/c1-7-2-3-8(4-10(7)14)11(17)16-12-15-9(5-13)6-18-12/h2-4,6H,5H2,1H3,(H,15,16,17). The smallest absolute Gasteiger partial charge is 0.257 e. The Morgan fingerprint density at radius 1 is 1.50 bits per heavy atom. The van der Waals surface area contributed by atoms with Crippen molar-refractivity contribution in [1.82, 2.24) is 4.98 Å². The van der Waals surface area contributed by atoms with Crippen LogP contribution in [-0.4, -0.2) is 10.9 Å². The van der Waals surface area contributed by atoms with Crippen LogP contribution in [0.2, 0.25) is 5.02 Å². The number of nitrogens with zero attached hydrogens (tertiary/aromatic N) is 1. The molecule has 0 saturated heterocycles. The van der Waals surface area contributed by atoms with Crippen molar-refractivity contribution in [2.75, 3.05) is 5.32 Å². The number of thiazole rings is 1. The average molecular weight is 301 g/mol. The molecule has 1 amide bonds. The number of alkyl halides is 1. The van der Waals surface area contributed by atoms with Crippen LogP contribution in [0.3, 0.4) is 0 Å². The molecule has 0 aliphatic rings. The van der Waals surface area contributed by atoms with Crippen molar-refractivity contribution in [3.63, 3.8) is 0 Å². The normalized spacial score (nSPS) is 10.4. The molecule has 6 heteroatoms. The molecule has 1 N–H and O–H groups in total. The molecule has 1 aromatic heterocycles. The summed E-state index contributed by atoms with van der Waals surface area (Å²) in [6, 6.07) is 5.18. The Bertz CT molecular complexity index is 583. The fourth-order valence-corrected chi connectivity index (χ4v) is 2.44. The summed E-state index contributed by atoms with van der Waals surface area (Å²) in [4.78, 5) is 16.1. The van der Waals surface area contributed by atoms with Crippen LogP contribution in [-0.2, 0) is 5.88 Å². The quantitative estimate of drug-likeness (QED) is 0.867. The van der Waals surface area contributed by atoms with Gasteiger partial charge < -0.3 is 0 Å². The second-order valence-electron chi connectivity index (χ2n) is 3.70. The number of benzene rings is 1. The predicted molar refractivity (Wildman–Crippen MR) is 75.8 cm³/mol. The second kappa shape index (κ2) is 5.69. The zero-order chi connectivity index (χ0) is 13.1. The van der Waals surface area contributed by atoms with E-state index in [1.807, 2.05) is 18.4 Å². The number of amides is 1. The van der Waals surface area contributed by atoms with Crippen molar-refractivity contribution in [1.29, 1.82) is 0 Å². The van der Waals surface area contributed by atoms with Crippen LogP contribution in [0.25, 0.3) is 0 Å². The van der Waals surface area contributed by atoms with Crippen LogP contribution >= 0.6 is 34.5 Å². The van der Waals surface area contributed by atoms with Crippen LogP contribution < -0.4 is 5.32 Å². The Balaban J connectivity index is 2.14. The lowest BCUT2D eigenvalue weighted by Gasteiger charge is -2.03. The molecule has 0 saturated carbocycles. The summed E-state index contributed by atoms with van der Waals surface area (Å²) in [5.74, 6) is 0.107. The van der Waals surface area contributed by atoms with Crippen molar-refractivity contribution in [3.05, 3.63) is 45.4 Å². The van der Waals surface area contributed by atoms with Crippen LogP contribution in [0.5, 0.6) is 0 Å². The van der Waals surface area contributed by atoms with E-state index < -0.39 is 0 Å². The number of carbonyl (C=O) groups excluding carboxylic acids is 1. The third kappa shape index (κ3) is 3.02. The molecule has 0 fully saturated rings. The predicted octanol–water partition coefficient (Wildman–Crippen LogP) is 4.10. The number of hydrogen-bond acceptors (Lipinski definition) is 3. The minimum atomic E-state index is -0.229. The third-order valence-corrected chi connectivity index (χ3v) is 3.83. The summed E-state index contributed by atoms with van der Waals surface area (Å²) in [6.45, 7) is 1.89. The highest BCUT2D eigenvalue weighted by atomic mass is 35.5. The molecule has 1 heterocycles. The fraction of sp³-hybridized carbons (Fsp3) is 0.167. The maximum Gasteiger partial charge on any atom is 0.257 e. The Morgan fingerprint density at radius 3 is 2.89 bits per heavy atom. The van der Waals surface area contributed by atoms with Gasteiger partial charge in [0.25, 0.3) is 5.91 Å². The molecule has 3 nitrogen and oxygen atoms in total. The first-order valence-corrected chi connectivity index (χ1v) is 6.97. The van der Waals surface area contributed by atoms with Crippen LogP contribution in [0.15, 0.2) is 23.6 Å². The lowest BCUT2D eigenvalue weighted by atomic mass is 10.1. The number of nitrogens with one attached hydrogen (secondary N) is 1. The summed E-state index contributed by atoms with van der Waals surface area (Å²) in [6.07, 6.45) is 0. The molecule has 0 aliphatic carbocycles. The van der Waals surface area contributed by atoms with Gasteiger partial charge in [-0.1, -0.05) is 17.7 Å². The summed E-state index contributed by atoms with van der Waals surface area (Å²) >= 11 is 13.0. The zero-order valence-electron chi connectivity index (χ0n) is 9.54. The van der Waals surface area contributed by atoms with Gasteiger partial charge in [-0.25, -0.2) is 4.98 Å². The summed E-state index contributed by atoms with van der Waals surface area (Å²) < 4.78 is 0. The Kier molecular flexibility index (Phi) is 4.22. The van der Waals surface area contributed by atoms with Crippen LogP contribution in [0.4, 0.5) is 5.13 Å². The lowest BCUT2D eigenvalue weighted by Crippen LogP contribution is -2.11. The number of carbonyl (C=O) groups is 1. The van der Waals surface area contributed by atoms with E-state index in [1.54, 1.807) is 12.1 Å². The number of anilines is 1. The van der Waals surface area contributed by atoms with Crippen LogP contribution in [0.1, 0.15) is 21.6 Å². The Hall–Kier alpha value is -1.10. The van der Waals surface area contributed by atoms with Crippen molar-refractivity contribution in [2.45, 2.75) is 12.8 Å². The topological polar surface area (TPSA) is 42.0 Å². The van der Waals surface area contributed by atoms with Crippen molar-refractivity contribution in [3.8, 4) is 0 Å². The Labute approximate surface area is 119 Å². The monoisotopic (exact) mass is 300 g/mol. The van der Waals surface area contributed by atoms with E-state index in [0.29, 0.717) is 21.6 Å². The van der Waals surface area contributed by atoms with Crippen molar-refractivity contribution < 1.29 is 4.79 Å². The lowest BCUT2D eigenvalue weighted by molar-refractivity contribution is 0.102. The number of halogens is 2. The van der Waals surface area contributed by atoms with Gasteiger partial charge in [-0.15, -0.1) is 22.9 Å². The molecule has 94 valence electrons. The van der Waals surface area contributed by atoms with E-state index in [-0.39, 0.29) is 5.91 Å². The van der Waals surface area contributed by atoms with E-state index in [2.05, 4.69) is 10.3 Å². The molecular formula is C12H10Cl2N2OS. The molecule has 18 heavy (non-hydrogen) atoms. The molecule has 0 radical (unpaired) electrons. The van der Waals surface area contributed by atoms with Gasteiger partial charge in [0.2, 0.25) is 0 Å². The summed E-state index contributed by atoms with van der Waals surface area (Å²) in [5, 5.41) is 5.63. The largest absolute Gasteiger partial charge is 0.298 e. The molecule has 2 rings (SSSR count). The molecule has 0 aliphatic heterocycles. The highest BCUT2D eigenvalue weighted by Gasteiger charge is 2.10. The first-order valence-electron chi connectivity index (χ1n) is 5.18. The first-order chi connectivity index (χ1) is 8.60. The molecule has 0 unspecified atom stereocenters. The van der Waals surface area contributed by atoms with Gasteiger partial charge in [0, 0.05) is 16.0 Å². The SMILES string of the molecule is Cc1ccc(C(=O)Nc2nc(CCl)cs2)cc1Cl. The van der Waals surface area contributed by atoms with E-state index >= 15 is 0 Å². The van der Waals surface area contributed by atoms with Crippen molar-refractivity contribution in [2.24, 2.45) is 0 Å². The molecule has 1 aromatic carbocycles. The van der Waals surface area contributed by atoms with Gasteiger partial charge in [-0.05, 0) is 24.6 Å². The summed E-state index contributed by atoms with van der Waals surface area (Å²) in [7, 11) is 0. The Morgan fingerprint density at radius 2 is 2.28 bits per heavy atom. The van der Waals surface area contributed by atoms with Gasteiger partial charge in [-0.3, -0.25) is 10.1 Å². The number of rotatable bonds is 3. The van der Waals surface area contributed by atoms with Crippen LogP contribution in [0, 0.1) is 6.92 Å². The molecular weight excluding hydrogens is 291 g/mol. The summed E-state index contributed by atoms with van der Waals surface area (Å²) in [5.41, 5.74) is 2.19. The number of aromatic nitrogens is 1. The van der Waals surface area contributed by atoms with Gasteiger partial charge >= 0.3 is 0 Å². The fourth-order valence-electron chi connectivity index (χ4n) is 1.33. The van der Waals surface area contributed by atoms with Crippen molar-refractivity contribution >= 4 is 45.6 Å². The third-order valence-electron chi connectivity index (χ3n) is 2.34. The minimum absolute atomic E-state index is 0.229. The van der Waals surface area contributed by atoms with Gasteiger partial charge in [0.05, 0.1) is 11.6 Å². The number of aryl methyl sites for hydroxylation is 1. The second-order valence-corrected chi connectivity index (χ2v) is 5.23. The highest BCUT2D eigenvalue weighted by Crippen LogP contribution is 2.20. The van der Waals surface area contributed by atoms with Gasteiger partial charge in [0.15, 0.2) is 5.13 Å². The molecule has 0 spiro atoms. The maximum absolute atomic E-state index is 11.9. The first kappa shape index (κ1) is 13.3. The van der Waals surface area contributed by atoms with E-state index in [1.165, 1.54) is 11.3 Å². The van der Waals surface area contributed by atoms with E-state index in [4.69, 9.17) is 23.2 Å². The van der Waals surface area contributed by atoms with Gasteiger partial charge in [-0.2, -0.15) is 0 Å². The molecule has 0 atom stereocenters. The molecule has 0 bridgehead atoms. The van der Waals surface area contributed by atoms with E-state index in [0.717, 1.165) is 11.3 Å². The highest BCUT2D eigenvalue weighted by molar-refractivity contribution is 7.14. The number of hydrogen-bond donors (Lipinski definition) is 1. The average Bonchev–Trinajstić information content (AvgIpc) is 2.80. The molecule has 2 aromatic rings. The minimum Gasteiger partial charge on any atom is -0.298 e. The maximum atomic E-state index is 11.9.